The van der Waals surface area contributed by atoms with Gasteiger partial charge in [-0.05, 0) is 39.7 Å². The zero-order chi connectivity index (χ0) is 12.2. The van der Waals surface area contributed by atoms with Gasteiger partial charge in [0, 0.05) is 25.3 Å². The highest BCUT2D eigenvalue weighted by Gasteiger charge is 2.28. The highest BCUT2D eigenvalue weighted by Crippen LogP contribution is 2.22. The van der Waals surface area contributed by atoms with Crippen molar-refractivity contribution in [1.29, 1.82) is 0 Å². The van der Waals surface area contributed by atoms with Crippen LogP contribution in [0.5, 0.6) is 0 Å². The molecule has 0 bridgehead atoms. The Morgan fingerprint density at radius 1 is 1.44 bits per heavy atom. The molecule has 1 aliphatic heterocycles. The Kier molecular flexibility index (Phi) is 4.74. The lowest BCUT2D eigenvalue weighted by atomic mass is 9.94. The smallest absolute Gasteiger partial charge is 0.305 e. The van der Waals surface area contributed by atoms with Gasteiger partial charge in [-0.1, -0.05) is 0 Å². The predicted octanol–water partition coefficient (Wildman–Crippen LogP) is 1.60. The summed E-state index contributed by atoms with van der Waals surface area (Å²) in [7, 11) is 2.01. The standard InChI is InChI=1S/C12H23NO3/c1-12(2,8-11(14)15)13(3)9-10-4-6-16-7-5-10/h10H,4-9H2,1-3H3,(H,14,15). The van der Waals surface area contributed by atoms with Crippen molar-refractivity contribution < 1.29 is 14.6 Å². The van der Waals surface area contributed by atoms with Crippen LogP contribution in [-0.4, -0.2) is 48.3 Å². The Morgan fingerprint density at radius 2 is 2.00 bits per heavy atom. The first kappa shape index (κ1) is 13.5. The van der Waals surface area contributed by atoms with E-state index in [-0.39, 0.29) is 12.0 Å². The molecule has 4 nitrogen and oxygen atoms in total. The highest BCUT2D eigenvalue weighted by atomic mass is 16.5. The SMILES string of the molecule is CN(CC1CCOCC1)C(C)(C)CC(=O)O. The van der Waals surface area contributed by atoms with E-state index in [4.69, 9.17) is 9.84 Å². The monoisotopic (exact) mass is 229 g/mol. The molecule has 1 rings (SSSR count). The number of carboxylic acids is 1. The summed E-state index contributed by atoms with van der Waals surface area (Å²) in [5.74, 6) is -0.0874. The van der Waals surface area contributed by atoms with Gasteiger partial charge in [-0.2, -0.15) is 0 Å². The molecule has 1 heterocycles. The van der Waals surface area contributed by atoms with Crippen molar-refractivity contribution in [2.24, 2.45) is 5.92 Å². The molecule has 0 aromatic carbocycles. The molecule has 0 aromatic heterocycles. The van der Waals surface area contributed by atoms with Crippen molar-refractivity contribution >= 4 is 5.97 Å². The third-order valence-corrected chi connectivity index (χ3v) is 3.49. The van der Waals surface area contributed by atoms with E-state index >= 15 is 0 Å². The van der Waals surface area contributed by atoms with Crippen LogP contribution in [0.1, 0.15) is 33.1 Å². The van der Waals surface area contributed by atoms with Crippen LogP contribution in [0.2, 0.25) is 0 Å². The van der Waals surface area contributed by atoms with Gasteiger partial charge in [-0.25, -0.2) is 0 Å². The number of hydrogen-bond donors (Lipinski definition) is 1. The van der Waals surface area contributed by atoms with Crippen molar-refractivity contribution in [2.45, 2.75) is 38.6 Å². The van der Waals surface area contributed by atoms with Gasteiger partial charge in [-0.3, -0.25) is 4.79 Å². The number of ether oxygens (including phenoxy) is 1. The largest absolute Gasteiger partial charge is 0.481 e. The van der Waals surface area contributed by atoms with Crippen LogP contribution < -0.4 is 0 Å². The minimum atomic E-state index is -0.733. The fourth-order valence-corrected chi connectivity index (χ4v) is 2.07. The first-order valence-electron chi connectivity index (χ1n) is 5.92. The highest BCUT2D eigenvalue weighted by molar-refractivity contribution is 5.68. The lowest BCUT2D eigenvalue weighted by molar-refractivity contribution is -0.139. The van der Waals surface area contributed by atoms with Crippen LogP contribution in [0.3, 0.4) is 0 Å². The molecular weight excluding hydrogens is 206 g/mol. The number of carboxylic acid groups (broad SMARTS) is 1. The van der Waals surface area contributed by atoms with Gasteiger partial charge in [0.05, 0.1) is 6.42 Å². The van der Waals surface area contributed by atoms with E-state index in [2.05, 4.69) is 4.90 Å². The van der Waals surface area contributed by atoms with E-state index in [1.54, 1.807) is 0 Å². The molecule has 0 aliphatic carbocycles. The van der Waals surface area contributed by atoms with Crippen LogP contribution in [0, 0.1) is 5.92 Å². The Hall–Kier alpha value is -0.610. The van der Waals surface area contributed by atoms with Gasteiger partial charge in [-0.15, -0.1) is 0 Å². The van der Waals surface area contributed by atoms with Crippen molar-refractivity contribution in [2.75, 3.05) is 26.8 Å². The van der Waals surface area contributed by atoms with Crippen molar-refractivity contribution in [3.05, 3.63) is 0 Å². The second-order valence-corrected chi connectivity index (χ2v) is 5.32. The third-order valence-electron chi connectivity index (χ3n) is 3.49. The maximum atomic E-state index is 10.8. The molecule has 16 heavy (non-hydrogen) atoms. The van der Waals surface area contributed by atoms with Crippen molar-refractivity contribution in [3.63, 3.8) is 0 Å². The zero-order valence-corrected chi connectivity index (χ0v) is 10.5. The van der Waals surface area contributed by atoms with Crippen LogP contribution >= 0.6 is 0 Å². The summed E-state index contributed by atoms with van der Waals surface area (Å²) in [6.07, 6.45) is 2.37. The van der Waals surface area contributed by atoms with Gasteiger partial charge in [0.25, 0.3) is 0 Å². The molecule has 1 N–H and O–H groups in total. The quantitative estimate of drug-likeness (QED) is 0.778. The van der Waals surface area contributed by atoms with E-state index in [1.165, 1.54) is 0 Å². The number of carbonyl (C=O) groups is 1. The number of aliphatic carboxylic acids is 1. The lowest BCUT2D eigenvalue weighted by Crippen LogP contribution is -2.45. The van der Waals surface area contributed by atoms with E-state index in [0.29, 0.717) is 5.92 Å². The Balaban J connectivity index is 2.42. The summed E-state index contributed by atoms with van der Waals surface area (Å²) in [5, 5.41) is 8.86. The van der Waals surface area contributed by atoms with E-state index in [0.717, 1.165) is 32.6 Å². The number of rotatable bonds is 5. The molecule has 0 spiro atoms. The van der Waals surface area contributed by atoms with Gasteiger partial charge in [0.1, 0.15) is 0 Å². The average molecular weight is 229 g/mol. The van der Waals surface area contributed by atoms with Crippen molar-refractivity contribution in [3.8, 4) is 0 Å². The average Bonchev–Trinajstić information content (AvgIpc) is 2.17. The van der Waals surface area contributed by atoms with Crippen LogP contribution in [0.15, 0.2) is 0 Å². The van der Waals surface area contributed by atoms with Gasteiger partial charge in [0.2, 0.25) is 0 Å². The minimum Gasteiger partial charge on any atom is -0.481 e. The maximum Gasteiger partial charge on any atom is 0.305 e. The second kappa shape index (κ2) is 5.64. The molecule has 4 heteroatoms. The molecule has 1 saturated heterocycles. The lowest BCUT2D eigenvalue weighted by Gasteiger charge is -2.37. The van der Waals surface area contributed by atoms with Gasteiger partial charge in [0.15, 0.2) is 0 Å². The number of hydrogen-bond acceptors (Lipinski definition) is 3. The third kappa shape index (κ3) is 4.10. The molecule has 0 atom stereocenters. The first-order chi connectivity index (χ1) is 7.42. The van der Waals surface area contributed by atoms with Crippen molar-refractivity contribution in [1.82, 2.24) is 4.90 Å². The molecular formula is C12H23NO3. The number of nitrogens with zero attached hydrogens (tertiary/aromatic N) is 1. The van der Waals surface area contributed by atoms with Crippen LogP contribution in [0.4, 0.5) is 0 Å². The fraction of sp³-hybridized carbons (Fsp3) is 0.917. The Morgan fingerprint density at radius 3 is 2.50 bits per heavy atom. The molecule has 0 aromatic rings. The molecule has 0 amide bonds. The topological polar surface area (TPSA) is 49.8 Å². The zero-order valence-electron chi connectivity index (χ0n) is 10.5. The summed E-state index contributed by atoms with van der Waals surface area (Å²) in [6, 6.07) is 0. The summed E-state index contributed by atoms with van der Waals surface area (Å²) in [4.78, 5) is 12.9. The predicted molar refractivity (Wildman–Crippen MR) is 62.5 cm³/mol. The van der Waals surface area contributed by atoms with E-state index in [9.17, 15) is 4.79 Å². The van der Waals surface area contributed by atoms with E-state index < -0.39 is 5.97 Å². The molecule has 1 fully saturated rings. The van der Waals surface area contributed by atoms with Gasteiger partial charge < -0.3 is 14.7 Å². The molecule has 0 unspecified atom stereocenters. The summed E-state index contributed by atoms with van der Waals surface area (Å²) in [5.41, 5.74) is -0.274. The molecule has 0 radical (unpaired) electrons. The second-order valence-electron chi connectivity index (χ2n) is 5.32. The minimum absolute atomic E-state index is 0.187. The first-order valence-corrected chi connectivity index (χ1v) is 5.92. The normalized spacial score (nSPS) is 19.0. The summed E-state index contributed by atoms with van der Waals surface area (Å²) in [6.45, 7) is 6.63. The van der Waals surface area contributed by atoms with Crippen LogP contribution in [-0.2, 0) is 9.53 Å². The molecule has 0 saturated carbocycles. The summed E-state index contributed by atoms with van der Waals surface area (Å²) >= 11 is 0. The Bertz CT molecular complexity index is 234. The van der Waals surface area contributed by atoms with Crippen LogP contribution in [0.25, 0.3) is 0 Å². The summed E-state index contributed by atoms with van der Waals surface area (Å²) < 4.78 is 5.32. The fourth-order valence-electron chi connectivity index (χ4n) is 2.07. The Labute approximate surface area is 97.6 Å². The maximum absolute atomic E-state index is 10.8. The molecule has 94 valence electrons. The van der Waals surface area contributed by atoms with Gasteiger partial charge >= 0.3 is 5.97 Å². The molecule has 1 aliphatic rings. The van der Waals surface area contributed by atoms with E-state index in [1.807, 2.05) is 20.9 Å².